The van der Waals surface area contributed by atoms with Crippen molar-refractivity contribution in [3.8, 4) is 0 Å². The molecule has 0 unspecified atom stereocenters. The van der Waals surface area contributed by atoms with Gasteiger partial charge in [-0.25, -0.2) is 13.1 Å². The Bertz CT molecular complexity index is 857. The molecule has 0 saturated heterocycles. The molecule has 1 saturated carbocycles. The predicted molar refractivity (Wildman–Crippen MR) is 112 cm³/mol. The number of methoxy groups -OCH3 is 1. The summed E-state index contributed by atoms with van der Waals surface area (Å²) in [5, 5.41) is 0. The van der Waals surface area contributed by atoms with E-state index in [4.69, 9.17) is 4.74 Å². The van der Waals surface area contributed by atoms with Crippen molar-refractivity contribution in [2.24, 2.45) is 0 Å². The Balaban J connectivity index is 0.000000200. The molecular weight excluding hydrogens is 376 g/mol. The molecule has 2 aromatic rings. The maximum Gasteiger partial charge on any atom is 0.250 e. The Hall–Kier alpha value is -1.96. The van der Waals surface area contributed by atoms with E-state index in [1.165, 1.54) is 41.9 Å². The number of nitrogens with one attached hydrogen (secondary N) is 1. The van der Waals surface area contributed by atoms with Crippen LogP contribution in [0.25, 0.3) is 0 Å². The first-order chi connectivity index (χ1) is 13.4. The molecule has 0 bridgehead atoms. The van der Waals surface area contributed by atoms with Crippen molar-refractivity contribution < 1.29 is 13.2 Å². The van der Waals surface area contributed by atoms with E-state index in [-0.39, 0.29) is 12.1 Å². The minimum atomic E-state index is -3.17. The van der Waals surface area contributed by atoms with Crippen LogP contribution in [0, 0.1) is 0 Å². The zero-order valence-corrected chi connectivity index (χ0v) is 17.4. The molecule has 1 aliphatic rings. The van der Waals surface area contributed by atoms with E-state index in [0.717, 1.165) is 12.2 Å². The SMILES string of the molecule is COC1CCC(c2ccccc2)CC1.CS(=O)(=O)NCCn1ccccc1=O. The standard InChI is InChI=1S/C13H18O.C8H12N2O3S/c1-14-13-9-7-12(8-10-13)11-5-3-2-4-6-11;1-14(12,13)9-5-7-10-6-3-2-4-8(10)11/h2-6,12-13H,7-10H2,1H3;2-4,6,9H,5,7H2,1H3. The average Bonchev–Trinajstić information content (AvgIpc) is 2.70. The van der Waals surface area contributed by atoms with Gasteiger partial charge in [-0.3, -0.25) is 4.79 Å². The number of hydrogen-bond acceptors (Lipinski definition) is 4. The number of rotatable bonds is 6. The summed E-state index contributed by atoms with van der Waals surface area (Å²) in [6.07, 6.45) is 8.21. The molecule has 1 aliphatic carbocycles. The molecule has 154 valence electrons. The van der Waals surface area contributed by atoms with Gasteiger partial charge in [-0.15, -0.1) is 0 Å². The van der Waals surface area contributed by atoms with Crippen molar-refractivity contribution in [2.45, 2.75) is 44.2 Å². The Labute approximate surface area is 167 Å². The van der Waals surface area contributed by atoms with Crippen LogP contribution < -0.4 is 10.3 Å². The number of ether oxygens (including phenoxy) is 1. The number of hydrogen-bond donors (Lipinski definition) is 1. The number of sulfonamides is 1. The van der Waals surface area contributed by atoms with Crippen LogP contribution in [0.2, 0.25) is 0 Å². The fourth-order valence-corrected chi connectivity index (χ4v) is 3.82. The topological polar surface area (TPSA) is 77.4 Å². The molecule has 0 aliphatic heterocycles. The van der Waals surface area contributed by atoms with Crippen LogP contribution in [-0.2, 0) is 21.3 Å². The van der Waals surface area contributed by atoms with E-state index < -0.39 is 10.0 Å². The van der Waals surface area contributed by atoms with E-state index in [1.807, 2.05) is 7.11 Å². The molecule has 1 fully saturated rings. The van der Waals surface area contributed by atoms with Gasteiger partial charge in [-0.2, -0.15) is 0 Å². The Morgan fingerprint density at radius 3 is 2.25 bits per heavy atom. The van der Waals surface area contributed by atoms with Crippen molar-refractivity contribution in [3.05, 3.63) is 70.6 Å². The highest BCUT2D eigenvalue weighted by molar-refractivity contribution is 7.88. The highest BCUT2D eigenvalue weighted by Gasteiger charge is 2.21. The first-order valence-corrected chi connectivity index (χ1v) is 11.5. The highest BCUT2D eigenvalue weighted by atomic mass is 32.2. The van der Waals surface area contributed by atoms with E-state index >= 15 is 0 Å². The van der Waals surface area contributed by atoms with Gasteiger partial charge in [0.25, 0.3) is 5.56 Å². The maximum atomic E-state index is 11.2. The van der Waals surface area contributed by atoms with Gasteiger partial charge in [0.05, 0.1) is 12.4 Å². The monoisotopic (exact) mass is 406 g/mol. The summed E-state index contributed by atoms with van der Waals surface area (Å²) in [7, 11) is -1.35. The summed E-state index contributed by atoms with van der Waals surface area (Å²) >= 11 is 0. The van der Waals surface area contributed by atoms with Crippen LogP contribution in [0.15, 0.2) is 59.5 Å². The normalized spacial score (nSPS) is 19.5. The van der Waals surface area contributed by atoms with E-state index in [2.05, 4.69) is 35.1 Å². The summed E-state index contributed by atoms with van der Waals surface area (Å²) in [5.41, 5.74) is 1.37. The lowest BCUT2D eigenvalue weighted by molar-refractivity contribution is 0.0659. The van der Waals surface area contributed by atoms with Crippen LogP contribution in [0.4, 0.5) is 0 Å². The minimum Gasteiger partial charge on any atom is -0.381 e. The third-order valence-electron chi connectivity index (χ3n) is 4.89. The van der Waals surface area contributed by atoms with Gasteiger partial charge in [0.1, 0.15) is 0 Å². The lowest BCUT2D eigenvalue weighted by atomic mass is 9.83. The number of nitrogens with zero attached hydrogens (tertiary/aromatic N) is 1. The molecule has 1 N–H and O–H groups in total. The third-order valence-corrected chi connectivity index (χ3v) is 5.62. The number of aromatic nitrogens is 1. The van der Waals surface area contributed by atoms with Crippen LogP contribution in [0.1, 0.15) is 37.2 Å². The number of benzene rings is 1. The van der Waals surface area contributed by atoms with Crippen LogP contribution >= 0.6 is 0 Å². The Morgan fingerprint density at radius 1 is 1.04 bits per heavy atom. The van der Waals surface area contributed by atoms with Crippen LogP contribution in [0.3, 0.4) is 0 Å². The maximum absolute atomic E-state index is 11.2. The lowest BCUT2D eigenvalue weighted by Gasteiger charge is -2.27. The third kappa shape index (κ3) is 7.96. The zero-order valence-electron chi connectivity index (χ0n) is 16.6. The van der Waals surface area contributed by atoms with Gasteiger partial charge in [0, 0.05) is 32.5 Å². The quantitative estimate of drug-likeness (QED) is 0.800. The minimum absolute atomic E-state index is 0.136. The molecule has 0 atom stereocenters. The molecule has 0 spiro atoms. The van der Waals surface area contributed by atoms with E-state index in [0.29, 0.717) is 12.6 Å². The highest BCUT2D eigenvalue weighted by Crippen LogP contribution is 2.33. The molecule has 28 heavy (non-hydrogen) atoms. The smallest absolute Gasteiger partial charge is 0.250 e. The predicted octanol–water partition coefficient (Wildman–Crippen LogP) is 2.76. The zero-order chi connectivity index (χ0) is 20.4. The van der Waals surface area contributed by atoms with Crippen molar-refractivity contribution in [1.29, 1.82) is 0 Å². The van der Waals surface area contributed by atoms with E-state index in [9.17, 15) is 13.2 Å². The molecule has 1 heterocycles. The van der Waals surface area contributed by atoms with Gasteiger partial charge < -0.3 is 9.30 Å². The van der Waals surface area contributed by atoms with Crippen molar-refractivity contribution in [2.75, 3.05) is 19.9 Å². The molecule has 7 heteroatoms. The van der Waals surface area contributed by atoms with Crippen LogP contribution in [-0.4, -0.2) is 39.0 Å². The average molecular weight is 407 g/mol. The van der Waals surface area contributed by atoms with Gasteiger partial charge in [0.15, 0.2) is 0 Å². The molecule has 0 radical (unpaired) electrons. The van der Waals surface area contributed by atoms with Gasteiger partial charge in [0.2, 0.25) is 10.0 Å². The van der Waals surface area contributed by atoms with Gasteiger partial charge in [-0.1, -0.05) is 36.4 Å². The summed E-state index contributed by atoms with van der Waals surface area (Å²) in [5.74, 6) is 0.766. The first kappa shape index (κ1) is 22.3. The largest absolute Gasteiger partial charge is 0.381 e. The molecule has 1 aromatic heterocycles. The first-order valence-electron chi connectivity index (χ1n) is 9.57. The summed E-state index contributed by atoms with van der Waals surface area (Å²) in [6, 6.07) is 15.7. The number of pyridine rings is 1. The Morgan fingerprint density at radius 2 is 1.68 bits per heavy atom. The van der Waals surface area contributed by atoms with Crippen molar-refractivity contribution in [3.63, 3.8) is 0 Å². The fourth-order valence-electron chi connectivity index (χ4n) is 3.35. The van der Waals surface area contributed by atoms with Gasteiger partial charge >= 0.3 is 0 Å². The van der Waals surface area contributed by atoms with Crippen molar-refractivity contribution in [1.82, 2.24) is 9.29 Å². The van der Waals surface area contributed by atoms with Crippen LogP contribution in [0.5, 0.6) is 0 Å². The van der Waals surface area contributed by atoms with E-state index in [1.54, 1.807) is 18.3 Å². The molecule has 0 amide bonds. The van der Waals surface area contributed by atoms with Gasteiger partial charge in [-0.05, 0) is 43.2 Å². The molecular formula is C21H30N2O4S. The Kier molecular flexibility index (Phi) is 8.89. The second-order valence-corrected chi connectivity index (χ2v) is 8.85. The second kappa shape index (κ2) is 11.1. The lowest BCUT2D eigenvalue weighted by Crippen LogP contribution is -2.29. The summed E-state index contributed by atoms with van der Waals surface area (Å²) in [6.45, 7) is 0.565. The fraction of sp³-hybridized carbons (Fsp3) is 0.476. The molecule has 1 aromatic carbocycles. The second-order valence-electron chi connectivity index (χ2n) is 7.02. The summed E-state index contributed by atoms with van der Waals surface area (Å²) < 4.78 is 30.5. The molecule has 6 nitrogen and oxygen atoms in total. The van der Waals surface area contributed by atoms with Crippen molar-refractivity contribution >= 4 is 10.0 Å². The molecule has 3 rings (SSSR count). The summed E-state index contributed by atoms with van der Waals surface area (Å²) in [4.78, 5) is 11.2.